The smallest absolute Gasteiger partial charge is 0.408 e. The number of nitrogens with zero attached hydrogens (tertiary/aromatic N) is 2. The fourth-order valence-electron chi connectivity index (χ4n) is 5.57. The van der Waals surface area contributed by atoms with Crippen LogP contribution in [0.4, 0.5) is 4.79 Å². The Labute approximate surface area is 295 Å². The fraction of sp³-hybridized carbons (Fsp3) is 0.568. The third-order valence-electron chi connectivity index (χ3n) is 8.36. The SMILES string of the molecule is COC(=O)C(C)(C)/C=C/c1ccc2cc(C)c([C@@H](C)NC(=O)[C@@H]3CCCN(C(=O)[C@H](C)NC(=O)[C@@H](NC(=O)OC(C)(C)C)C(C)C)N3)nc2c1. The molecule has 1 aromatic heterocycles. The van der Waals surface area contributed by atoms with Gasteiger partial charge in [0.25, 0.3) is 5.91 Å². The van der Waals surface area contributed by atoms with E-state index in [-0.39, 0.29) is 17.8 Å². The molecular weight excluding hydrogens is 640 g/mol. The first-order valence-electron chi connectivity index (χ1n) is 17.1. The summed E-state index contributed by atoms with van der Waals surface area (Å²) in [6.07, 6.45) is 4.03. The highest BCUT2D eigenvalue weighted by molar-refractivity contribution is 5.91. The van der Waals surface area contributed by atoms with Crippen molar-refractivity contribution in [3.8, 4) is 0 Å². The monoisotopic (exact) mass is 694 g/mol. The number of alkyl carbamates (subject to hydrolysis) is 1. The molecule has 1 aromatic carbocycles. The van der Waals surface area contributed by atoms with E-state index in [0.29, 0.717) is 25.1 Å². The van der Waals surface area contributed by atoms with E-state index < -0.39 is 53.1 Å². The van der Waals surface area contributed by atoms with Crippen molar-refractivity contribution in [2.45, 2.75) is 112 Å². The van der Waals surface area contributed by atoms with Gasteiger partial charge < -0.3 is 25.4 Å². The summed E-state index contributed by atoms with van der Waals surface area (Å²) in [7, 11) is 1.36. The number of pyridine rings is 1. The molecule has 0 saturated carbocycles. The first kappa shape index (κ1) is 39.9. The number of fused-ring (bicyclic) bond motifs is 1. The van der Waals surface area contributed by atoms with Gasteiger partial charge in [0, 0.05) is 11.9 Å². The van der Waals surface area contributed by atoms with Crippen LogP contribution in [0.3, 0.4) is 0 Å². The van der Waals surface area contributed by atoms with E-state index in [1.165, 1.54) is 12.1 Å². The molecule has 4 atom stereocenters. The summed E-state index contributed by atoms with van der Waals surface area (Å²) in [5.41, 5.74) is 4.76. The maximum Gasteiger partial charge on any atom is 0.408 e. The largest absolute Gasteiger partial charge is 0.468 e. The highest BCUT2D eigenvalue weighted by Gasteiger charge is 2.34. The summed E-state index contributed by atoms with van der Waals surface area (Å²) in [5, 5.41) is 10.6. The molecule has 2 aromatic rings. The molecule has 1 saturated heterocycles. The van der Waals surface area contributed by atoms with Gasteiger partial charge in [0.1, 0.15) is 23.7 Å². The molecule has 1 aliphatic heterocycles. The van der Waals surface area contributed by atoms with Crippen molar-refractivity contribution in [3.05, 3.63) is 47.2 Å². The number of ether oxygens (including phenoxy) is 2. The van der Waals surface area contributed by atoms with E-state index in [4.69, 9.17) is 14.5 Å². The van der Waals surface area contributed by atoms with E-state index in [1.54, 1.807) is 61.5 Å². The minimum absolute atomic E-state index is 0.266. The normalized spacial score (nSPS) is 17.2. The lowest BCUT2D eigenvalue weighted by Gasteiger charge is -2.35. The summed E-state index contributed by atoms with van der Waals surface area (Å²) in [6.45, 7) is 18.0. The lowest BCUT2D eigenvalue weighted by Crippen LogP contribution is -2.62. The van der Waals surface area contributed by atoms with E-state index in [1.807, 2.05) is 44.2 Å². The Morgan fingerprint density at radius 1 is 1.00 bits per heavy atom. The number of esters is 1. The predicted octanol–water partition coefficient (Wildman–Crippen LogP) is 4.48. The second kappa shape index (κ2) is 16.5. The van der Waals surface area contributed by atoms with E-state index in [9.17, 15) is 24.0 Å². The molecule has 2 heterocycles. The summed E-state index contributed by atoms with van der Waals surface area (Å²) in [6, 6.07) is 4.93. The van der Waals surface area contributed by atoms with Gasteiger partial charge >= 0.3 is 12.1 Å². The van der Waals surface area contributed by atoms with Crippen molar-refractivity contribution in [2.75, 3.05) is 13.7 Å². The number of methoxy groups -OCH3 is 1. The molecule has 0 bridgehead atoms. The predicted molar refractivity (Wildman–Crippen MR) is 191 cm³/mol. The second-order valence-corrected chi connectivity index (χ2v) is 14.8. The van der Waals surface area contributed by atoms with Crippen molar-refractivity contribution >= 4 is 46.8 Å². The molecule has 1 fully saturated rings. The Bertz CT molecular complexity index is 1610. The molecule has 13 heteroatoms. The highest BCUT2D eigenvalue weighted by atomic mass is 16.6. The third kappa shape index (κ3) is 10.7. The second-order valence-electron chi connectivity index (χ2n) is 14.8. The van der Waals surface area contributed by atoms with Crippen molar-refractivity contribution < 1.29 is 33.4 Å². The zero-order chi connectivity index (χ0) is 37.6. The summed E-state index contributed by atoms with van der Waals surface area (Å²) < 4.78 is 10.2. The van der Waals surface area contributed by atoms with Gasteiger partial charge in [0.2, 0.25) is 11.8 Å². The molecular formula is C37H54N6O7. The van der Waals surface area contributed by atoms with Gasteiger partial charge in [-0.25, -0.2) is 10.2 Å². The van der Waals surface area contributed by atoms with Crippen LogP contribution in [0.15, 0.2) is 30.3 Å². The van der Waals surface area contributed by atoms with Crippen molar-refractivity contribution in [1.82, 2.24) is 31.4 Å². The molecule has 3 rings (SSSR count). The Balaban J connectivity index is 1.65. The van der Waals surface area contributed by atoms with Crippen molar-refractivity contribution in [3.63, 3.8) is 0 Å². The topological polar surface area (TPSA) is 168 Å². The molecule has 4 amide bonds. The standard InChI is InChI=1S/C37H54N6O7/c1-21(2)29(41-35(48)50-36(6,7)8)32(45)39-24(5)33(46)43-18-12-13-27(42-43)31(44)38-23(4)30-22(3)19-26-15-14-25(20-28(26)40-30)16-17-37(9,10)34(47)49-11/h14-17,19-21,23-24,27,29,42H,12-13,18H2,1-11H3,(H,38,44)(H,39,45)(H,41,48)/b17-16+/t23-,24+,27+,29+/m1/s1. The number of rotatable bonds is 11. The summed E-state index contributed by atoms with van der Waals surface area (Å²) in [5.74, 6) is -1.80. The molecule has 4 N–H and O–H groups in total. The van der Waals surface area contributed by atoms with Crippen LogP contribution in [0, 0.1) is 18.3 Å². The first-order chi connectivity index (χ1) is 23.2. The highest BCUT2D eigenvalue weighted by Crippen LogP contribution is 2.25. The van der Waals surface area contributed by atoms with Gasteiger partial charge in [0.15, 0.2) is 0 Å². The van der Waals surface area contributed by atoms with Crippen LogP contribution >= 0.6 is 0 Å². The number of aryl methyl sites for hydroxylation is 1. The number of carbonyl (C=O) groups excluding carboxylic acids is 5. The number of benzene rings is 1. The minimum Gasteiger partial charge on any atom is -0.468 e. The molecule has 0 unspecified atom stereocenters. The van der Waals surface area contributed by atoms with Gasteiger partial charge in [-0.1, -0.05) is 38.1 Å². The molecule has 0 radical (unpaired) electrons. The van der Waals surface area contributed by atoms with E-state index in [0.717, 1.165) is 22.0 Å². The number of nitrogens with one attached hydrogen (secondary N) is 4. The molecule has 274 valence electrons. The Morgan fingerprint density at radius 3 is 2.30 bits per heavy atom. The molecule has 0 aliphatic carbocycles. The van der Waals surface area contributed by atoms with Crippen LogP contribution in [0.5, 0.6) is 0 Å². The van der Waals surface area contributed by atoms with Gasteiger partial charge in [0.05, 0.1) is 29.8 Å². The van der Waals surface area contributed by atoms with Crippen molar-refractivity contribution in [2.24, 2.45) is 11.3 Å². The zero-order valence-electron chi connectivity index (χ0n) is 31.2. The zero-order valence-corrected chi connectivity index (χ0v) is 31.2. The van der Waals surface area contributed by atoms with Crippen LogP contribution in [-0.2, 0) is 28.7 Å². The van der Waals surface area contributed by atoms with E-state index >= 15 is 0 Å². The number of amides is 4. The van der Waals surface area contributed by atoms with Gasteiger partial charge in [-0.05, 0) is 97.4 Å². The lowest BCUT2D eigenvalue weighted by atomic mass is 9.92. The maximum absolute atomic E-state index is 13.4. The Morgan fingerprint density at radius 2 is 1.68 bits per heavy atom. The summed E-state index contributed by atoms with van der Waals surface area (Å²) in [4.78, 5) is 69.2. The Kier molecular flexibility index (Phi) is 13.1. The molecule has 1 aliphatic rings. The van der Waals surface area contributed by atoms with Crippen LogP contribution in [-0.4, -0.2) is 77.2 Å². The number of hydrazine groups is 1. The average molecular weight is 695 g/mol. The quantitative estimate of drug-likeness (QED) is 0.248. The van der Waals surface area contributed by atoms with E-state index in [2.05, 4.69) is 21.4 Å². The average Bonchev–Trinajstić information content (AvgIpc) is 3.04. The van der Waals surface area contributed by atoms with Crippen LogP contribution in [0.1, 0.15) is 98.0 Å². The van der Waals surface area contributed by atoms with Crippen molar-refractivity contribution in [1.29, 1.82) is 0 Å². The maximum atomic E-state index is 13.4. The fourth-order valence-corrected chi connectivity index (χ4v) is 5.57. The van der Waals surface area contributed by atoms with Gasteiger partial charge in [-0.15, -0.1) is 0 Å². The number of carbonyl (C=O) groups is 5. The number of hydrogen-bond donors (Lipinski definition) is 4. The lowest BCUT2D eigenvalue weighted by molar-refractivity contribution is -0.148. The summed E-state index contributed by atoms with van der Waals surface area (Å²) >= 11 is 0. The molecule has 0 spiro atoms. The van der Waals surface area contributed by atoms with Crippen LogP contribution < -0.4 is 21.4 Å². The number of aromatic nitrogens is 1. The minimum atomic E-state index is -0.923. The number of hydrogen-bond acceptors (Lipinski definition) is 9. The molecule has 13 nitrogen and oxygen atoms in total. The first-order valence-corrected chi connectivity index (χ1v) is 17.1. The van der Waals surface area contributed by atoms with Crippen LogP contribution in [0.25, 0.3) is 17.0 Å². The third-order valence-corrected chi connectivity index (χ3v) is 8.36. The molecule has 50 heavy (non-hydrogen) atoms. The van der Waals surface area contributed by atoms with Gasteiger partial charge in [-0.3, -0.25) is 29.2 Å². The van der Waals surface area contributed by atoms with Gasteiger partial charge in [-0.2, -0.15) is 0 Å². The van der Waals surface area contributed by atoms with Crippen LogP contribution in [0.2, 0.25) is 0 Å². The Hall–Kier alpha value is -4.52.